The number of benzene rings is 1. The summed E-state index contributed by atoms with van der Waals surface area (Å²) in [5.74, 6) is 2.07. The third-order valence-corrected chi connectivity index (χ3v) is 2.91. The van der Waals surface area contributed by atoms with Crippen LogP contribution in [0.1, 0.15) is 30.3 Å². The van der Waals surface area contributed by atoms with E-state index in [4.69, 9.17) is 15.0 Å². The molecule has 94 valence electrons. The molecule has 5 heteroatoms. The number of nitrogens with zero attached hydrogens (tertiary/aromatic N) is 2. The third-order valence-electron chi connectivity index (χ3n) is 2.91. The van der Waals surface area contributed by atoms with Crippen molar-refractivity contribution in [3.05, 3.63) is 41.5 Å². The second-order valence-corrected chi connectivity index (χ2v) is 4.65. The molecule has 2 unspecified atom stereocenters. The van der Waals surface area contributed by atoms with Crippen LogP contribution in [0.3, 0.4) is 0 Å². The molecule has 3 rings (SSSR count). The summed E-state index contributed by atoms with van der Waals surface area (Å²) in [4.78, 5) is 4.33. The molecule has 1 aromatic carbocycles. The molecule has 0 bridgehead atoms. The van der Waals surface area contributed by atoms with Crippen molar-refractivity contribution in [2.45, 2.75) is 31.9 Å². The van der Waals surface area contributed by atoms with Gasteiger partial charge in [0.25, 0.3) is 5.89 Å². The average Bonchev–Trinajstić information content (AvgIpc) is 2.93. The molecule has 2 heterocycles. The Kier molecular flexibility index (Phi) is 2.76. The number of hydrogen-bond donors (Lipinski definition) is 1. The molecule has 2 atom stereocenters. The minimum atomic E-state index is -0.170. The largest absolute Gasteiger partial charge is 0.480 e. The van der Waals surface area contributed by atoms with E-state index in [1.807, 2.05) is 25.1 Å². The summed E-state index contributed by atoms with van der Waals surface area (Å²) < 4.78 is 11.0. The van der Waals surface area contributed by atoms with Crippen LogP contribution in [0.25, 0.3) is 0 Å². The van der Waals surface area contributed by atoms with Crippen molar-refractivity contribution < 1.29 is 9.26 Å². The summed E-state index contributed by atoms with van der Waals surface area (Å²) in [5, 5.41) is 3.92. The summed E-state index contributed by atoms with van der Waals surface area (Å²) in [6, 6.07) is 7.98. The van der Waals surface area contributed by atoms with Gasteiger partial charge in [0.1, 0.15) is 5.75 Å². The summed E-state index contributed by atoms with van der Waals surface area (Å²) >= 11 is 0. The zero-order valence-corrected chi connectivity index (χ0v) is 10.2. The van der Waals surface area contributed by atoms with E-state index in [1.54, 1.807) is 0 Å². The molecule has 18 heavy (non-hydrogen) atoms. The number of rotatable bonds is 3. The molecule has 0 radical (unpaired) electrons. The van der Waals surface area contributed by atoms with Crippen LogP contribution in [0.5, 0.6) is 5.75 Å². The van der Waals surface area contributed by atoms with E-state index in [2.05, 4.69) is 16.2 Å². The predicted molar refractivity (Wildman–Crippen MR) is 65.2 cm³/mol. The molecular formula is C13H15N3O2. The van der Waals surface area contributed by atoms with Gasteiger partial charge in [0.2, 0.25) is 0 Å². The van der Waals surface area contributed by atoms with Crippen molar-refractivity contribution >= 4 is 0 Å². The number of hydrogen-bond acceptors (Lipinski definition) is 5. The third kappa shape index (κ3) is 2.09. The number of ether oxygens (including phenoxy) is 1. The van der Waals surface area contributed by atoms with Gasteiger partial charge in [-0.3, -0.25) is 0 Å². The Hall–Kier alpha value is -1.88. The smallest absolute Gasteiger partial charge is 0.268 e. The molecule has 5 nitrogen and oxygen atoms in total. The zero-order valence-electron chi connectivity index (χ0n) is 10.2. The van der Waals surface area contributed by atoms with Gasteiger partial charge in [-0.15, -0.1) is 0 Å². The molecular weight excluding hydrogens is 230 g/mol. The van der Waals surface area contributed by atoms with Crippen LogP contribution >= 0.6 is 0 Å². The predicted octanol–water partition coefficient (Wildman–Crippen LogP) is 1.64. The number of fused-ring (bicyclic) bond motifs is 1. The van der Waals surface area contributed by atoms with Gasteiger partial charge in [0.05, 0.1) is 0 Å². The highest BCUT2D eigenvalue weighted by atomic mass is 16.5. The van der Waals surface area contributed by atoms with Crippen LogP contribution in [0, 0.1) is 0 Å². The first kappa shape index (κ1) is 11.2. The normalized spacial score (nSPS) is 19.3. The van der Waals surface area contributed by atoms with Gasteiger partial charge in [-0.2, -0.15) is 4.98 Å². The van der Waals surface area contributed by atoms with Crippen molar-refractivity contribution in [3.63, 3.8) is 0 Å². The van der Waals surface area contributed by atoms with Crippen LogP contribution in [-0.2, 0) is 12.8 Å². The molecule has 1 aromatic heterocycles. The Morgan fingerprint density at radius 1 is 1.44 bits per heavy atom. The first-order valence-corrected chi connectivity index (χ1v) is 6.05. The van der Waals surface area contributed by atoms with E-state index >= 15 is 0 Å². The van der Waals surface area contributed by atoms with E-state index in [-0.39, 0.29) is 12.1 Å². The highest BCUT2D eigenvalue weighted by molar-refractivity contribution is 5.37. The van der Waals surface area contributed by atoms with Gasteiger partial charge in [-0.1, -0.05) is 23.4 Å². The Morgan fingerprint density at radius 3 is 3.06 bits per heavy atom. The fourth-order valence-corrected chi connectivity index (χ4v) is 2.09. The minimum absolute atomic E-state index is 0.0251. The quantitative estimate of drug-likeness (QED) is 0.889. The van der Waals surface area contributed by atoms with Gasteiger partial charge in [-0.05, 0) is 18.6 Å². The summed E-state index contributed by atoms with van der Waals surface area (Å²) in [5.41, 5.74) is 6.88. The number of para-hydroxylation sites is 1. The van der Waals surface area contributed by atoms with Crippen LogP contribution in [0.4, 0.5) is 0 Å². The summed E-state index contributed by atoms with van der Waals surface area (Å²) in [7, 11) is 0. The fraction of sp³-hybridized carbons (Fsp3) is 0.385. The van der Waals surface area contributed by atoms with Gasteiger partial charge < -0.3 is 15.0 Å². The van der Waals surface area contributed by atoms with Gasteiger partial charge in [0.15, 0.2) is 11.9 Å². The molecule has 1 aliphatic rings. The van der Waals surface area contributed by atoms with Crippen molar-refractivity contribution in [1.29, 1.82) is 0 Å². The van der Waals surface area contributed by atoms with E-state index < -0.39 is 0 Å². The van der Waals surface area contributed by atoms with E-state index in [0.717, 1.165) is 12.2 Å². The van der Waals surface area contributed by atoms with Gasteiger partial charge in [-0.25, -0.2) is 0 Å². The van der Waals surface area contributed by atoms with Crippen LogP contribution in [0.15, 0.2) is 28.8 Å². The molecule has 2 aromatic rings. The highest BCUT2D eigenvalue weighted by Crippen LogP contribution is 2.35. The van der Waals surface area contributed by atoms with E-state index in [1.165, 1.54) is 5.56 Å². The second kappa shape index (κ2) is 4.42. The maximum atomic E-state index is 5.78. The Balaban J connectivity index is 1.76. The maximum absolute atomic E-state index is 5.78. The monoisotopic (exact) mass is 245 g/mol. The van der Waals surface area contributed by atoms with Crippen LogP contribution in [-0.4, -0.2) is 16.2 Å². The Bertz CT molecular complexity index is 526. The molecule has 2 N–H and O–H groups in total. The lowest BCUT2D eigenvalue weighted by Crippen LogP contribution is -2.18. The first-order valence-electron chi connectivity index (χ1n) is 6.05. The standard InChI is InChI=1S/C13H15N3O2/c1-8(14)6-12-15-13(18-16-12)11-7-9-4-2-3-5-10(9)17-11/h2-5,8,11H,6-7,14H2,1H3. The van der Waals surface area contributed by atoms with Crippen molar-refractivity contribution in [2.75, 3.05) is 0 Å². The highest BCUT2D eigenvalue weighted by Gasteiger charge is 2.28. The molecule has 0 saturated carbocycles. The maximum Gasteiger partial charge on any atom is 0.268 e. The van der Waals surface area contributed by atoms with Crippen molar-refractivity contribution in [1.82, 2.24) is 10.1 Å². The summed E-state index contributed by atoms with van der Waals surface area (Å²) in [6.45, 7) is 1.91. The lowest BCUT2D eigenvalue weighted by atomic mass is 10.1. The lowest BCUT2D eigenvalue weighted by Gasteiger charge is -2.04. The van der Waals surface area contributed by atoms with Crippen molar-refractivity contribution in [3.8, 4) is 5.75 Å². The first-order chi connectivity index (χ1) is 8.72. The molecule has 0 amide bonds. The van der Waals surface area contributed by atoms with Gasteiger partial charge >= 0.3 is 0 Å². The van der Waals surface area contributed by atoms with Crippen LogP contribution < -0.4 is 10.5 Å². The molecule has 1 aliphatic heterocycles. The van der Waals surface area contributed by atoms with Gasteiger partial charge in [0, 0.05) is 18.9 Å². The van der Waals surface area contributed by atoms with Crippen LogP contribution in [0.2, 0.25) is 0 Å². The Morgan fingerprint density at radius 2 is 2.28 bits per heavy atom. The Labute approximate surface area is 105 Å². The topological polar surface area (TPSA) is 74.2 Å². The molecule has 0 aliphatic carbocycles. The summed E-state index contributed by atoms with van der Waals surface area (Å²) in [6.07, 6.45) is 1.22. The average molecular weight is 245 g/mol. The van der Waals surface area contributed by atoms with E-state index in [9.17, 15) is 0 Å². The molecule has 0 saturated heterocycles. The zero-order chi connectivity index (χ0) is 12.5. The van der Waals surface area contributed by atoms with Crippen molar-refractivity contribution in [2.24, 2.45) is 5.73 Å². The number of aromatic nitrogens is 2. The minimum Gasteiger partial charge on any atom is -0.480 e. The fourth-order valence-electron chi connectivity index (χ4n) is 2.09. The molecule has 0 spiro atoms. The van der Waals surface area contributed by atoms with E-state index in [0.29, 0.717) is 18.1 Å². The molecule has 0 fully saturated rings. The lowest BCUT2D eigenvalue weighted by molar-refractivity contribution is 0.183. The second-order valence-electron chi connectivity index (χ2n) is 4.65. The number of nitrogens with two attached hydrogens (primary N) is 1. The SMILES string of the molecule is CC(N)Cc1noc(C2Cc3ccccc3O2)n1.